The lowest BCUT2D eigenvalue weighted by molar-refractivity contribution is 0.702. The summed E-state index contributed by atoms with van der Waals surface area (Å²) in [5.74, 6) is 2.47. The second-order valence-electron chi connectivity index (χ2n) is 1.78. The molecule has 1 heterocycles. The Kier molecular flexibility index (Phi) is 1.55. The van der Waals surface area contributed by atoms with Gasteiger partial charge in [-0.05, 0) is 13.0 Å². The van der Waals surface area contributed by atoms with Crippen LogP contribution in [0.15, 0.2) is 6.07 Å². The van der Waals surface area contributed by atoms with Gasteiger partial charge in [-0.15, -0.1) is 6.42 Å². The minimum Gasteiger partial charge on any atom is -0.251 e. The van der Waals surface area contributed by atoms with Gasteiger partial charge in [-0.2, -0.15) is 5.10 Å². The molecule has 0 aliphatic carbocycles. The molecule has 0 aliphatic rings. The van der Waals surface area contributed by atoms with E-state index < -0.39 is 0 Å². The fourth-order valence-corrected chi connectivity index (χ4v) is 0.584. The third-order valence-corrected chi connectivity index (χ3v) is 0.942. The zero-order valence-corrected chi connectivity index (χ0v) is 5.26. The van der Waals surface area contributed by atoms with E-state index in [1.54, 1.807) is 10.7 Å². The van der Waals surface area contributed by atoms with Gasteiger partial charge in [0.15, 0.2) is 0 Å². The molecule has 1 radical (unpaired) electrons. The number of hydrogen-bond acceptors (Lipinski definition) is 1. The van der Waals surface area contributed by atoms with Crippen LogP contribution in [-0.4, -0.2) is 9.78 Å². The number of terminal acetylenes is 1. The summed E-state index contributed by atoms with van der Waals surface area (Å²) in [5, 5.41) is 4.02. The zero-order chi connectivity index (χ0) is 6.69. The van der Waals surface area contributed by atoms with Gasteiger partial charge in [0.1, 0.15) is 6.54 Å². The van der Waals surface area contributed by atoms with E-state index in [0.29, 0.717) is 6.54 Å². The Balaban J connectivity index is 2.76. The maximum atomic E-state index is 5.04. The van der Waals surface area contributed by atoms with Gasteiger partial charge in [0, 0.05) is 0 Å². The van der Waals surface area contributed by atoms with E-state index >= 15 is 0 Å². The first kappa shape index (κ1) is 5.90. The molecule has 0 spiro atoms. The van der Waals surface area contributed by atoms with Crippen molar-refractivity contribution in [1.82, 2.24) is 9.78 Å². The van der Waals surface area contributed by atoms with E-state index in [2.05, 4.69) is 17.2 Å². The topological polar surface area (TPSA) is 17.8 Å². The molecule has 0 N–H and O–H groups in total. The zero-order valence-electron chi connectivity index (χ0n) is 5.26. The predicted molar refractivity (Wildman–Crippen MR) is 34.6 cm³/mol. The highest BCUT2D eigenvalue weighted by Gasteiger charge is 1.88. The largest absolute Gasteiger partial charge is 0.251 e. The summed E-state index contributed by atoms with van der Waals surface area (Å²) in [5.41, 5.74) is 0.949. The van der Waals surface area contributed by atoms with Gasteiger partial charge in [-0.25, -0.2) is 0 Å². The molecular formula is C7H7N2. The Bertz CT molecular complexity index is 229. The molecule has 2 heteroatoms. The molecule has 0 saturated carbocycles. The van der Waals surface area contributed by atoms with Gasteiger partial charge in [-0.3, -0.25) is 4.68 Å². The van der Waals surface area contributed by atoms with Gasteiger partial charge in [0.2, 0.25) is 0 Å². The predicted octanol–water partition coefficient (Wildman–Crippen LogP) is 0.625. The second kappa shape index (κ2) is 2.36. The summed E-state index contributed by atoms with van der Waals surface area (Å²) in [4.78, 5) is 0. The molecule has 0 aromatic carbocycles. The fraction of sp³-hybridized carbons (Fsp3) is 0.286. The van der Waals surface area contributed by atoms with Gasteiger partial charge < -0.3 is 0 Å². The van der Waals surface area contributed by atoms with Crippen LogP contribution in [0.2, 0.25) is 0 Å². The SMILES string of the molecule is C#CCn1[c]cc(C)n1. The number of aromatic nitrogens is 2. The first-order valence-corrected chi connectivity index (χ1v) is 2.68. The molecule has 0 atom stereocenters. The molecule has 0 fully saturated rings. The highest BCUT2D eigenvalue weighted by atomic mass is 15.3. The van der Waals surface area contributed by atoms with Crippen molar-refractivity contribution in [2.75, 3.05) is 0 Å². The average Bonchev–Trinajstić information content (AvgIpc) is 2.17. The van der Waals surface area contributed by atoms with Crippen LogP contribution in [0.25, 0.3) is 0 Å². The molecule has 0 aliphatic heterocycles. The van der Waals surface area contributed by atoms with Crippen molar-refractivity contribution in [2.45, 2.75) is 13.5 Å². The third-order valence-electron chi connectivity index (χ3n) is 0.942. The lowest BCUT2D eigenvalue weighted by Crippen LogP contribution is -1.95. The van der Waals surface area contributed by atoms with Crippen molar-refractivity contribution in [1.29, 1.82) is 0 Å². The van der Waals surface area contributed by atoms with Gasteiger partial charge >= 0.3 is 0 Å². The normalized spacial score (nSPS) is 8.89. The molecule has 2 nitrogen and oxygen atoms in total. The second-order valence-corrected chi connectivity index (χ2v) is 1.78. The summed E-state index contributed by atoms with van der Waals surface area (Å²) in [6.45, 7) is 2.41. The van der Waals surface area contributed by atoms with Crippen molar-refractivity contribution in [2.24, 2.45) is 0 Å². The van der Waals surface area contributed by atoms with Gasteiger partial charge in [0.25, 0.3) is 0 Å². The minimum absolute atomic E-state index is 0.508. The Morgan fingerprint density at radius 3 is 3.22 bits per heavy atom. The van der Waals surface area contributed by atoms with Crippen LogP contribution in [0, 0.1) is 25.5 Å². The van der Waals surface area contributed by atoms with Crippen molar-refractivity contribution >= 4 is 0 Å². The highest BCUT2D eigenvalue weighted by Crippen LogP contribution is 1.89. The lowest BCUT2D eigenvalue weighted by Gasteiger charge is -1.87. The summed E-state index contributed by atoms with van der Waals surface area (Å²) in [6, 6.07) is 1.80. The monoisotopic (exact) mass is 119 g/mol. The van der Waals surface area contributed by atoms with Crippen LogP contribution < -0.4 is 0 Å². The van der Waals surface area contributed by atoms with Crippen molar-refractivity contribution in [3.05, 3.63) is 18.0 Å². The van der Waals surface area contributed by atoms with Crippen molar-refractivity contribution in [3.8, 4) is 12.3 Å². The number of hydrogen-bond donors (Lipinski definition) is 0. The molecule has 1 rings (SSSR count). The lowest BCUT2D eigenvalue weighted by atomic mass is 10.5. The van der Waals surface area contributed by atoms with E-state index in [1.807, 2.05) is 6.92 Å². The molecule has 9 heavy (non-hydrogen) atoms. The fourth-order valence-electron chi connectivity index (χ4n) is 0.584. The number of rotatable bonds is 1. The first-order chi connectivity index (χ1) is 4.33. The molecule has 0 unspecified atom stereocenters. The molecule has 0 saturated heterocycles. The van der Waals surface area contributed by atoms with Crippen molar-refractivity contribution in [3.63, 3.8) is 0 Å². The Morgan fingerprint density at radius 2 is 2.78 bits per heavy atom. The van der Waals surface area contributed by atoms with Gasteiger partial charge in [-0.1, -0.05) is 5.92 Å². The smallest absolute Gasteiger partial charge is 0.102 e. The molecule has 45 valence electrons. The standard InChI is InChI=1S/C7H7N2/c1-3-5-9-6-4-7(2)8-9/h1,4H,5H2,2H3. The molecular weight excluding hydrogens is 112 g/mol. The third kappa shape index (κ3) is 1.33. The van der Waals surface area contributed by atoms with E-state index in [4.69, 9.17) is 6.42 Å². The Hall–Kier alpha value is -1.23. The Labute approximate surface area is 54.5 Å². The van der Waals surface area contributed by atoms with Crippen LogP contribution in [-0.2, 0) is 6.54 Å². The molecule has 0 amide bonds. The van der Waals surface area contributed by atoms with Crippen molar-refractivity contribution < 1.29 is 0 Å². The summed E-state index contributed by atoms with van der Waals surface area (Å²) >= 11 is 0. The van der Waals surface area contributed by atoms with E-state index in [-0.39, 0.29) is 0 Å². The Morgan fingerprint density at radius 1 is 2.00 bits per heavy atom. The minimum atomic E-state index is 0.508. The van der Waals surface area contributed by atoms with Crippen LogP contribution in [0.4, 0.5) is 0 Å². The van der Waals surface area contributed by atoms with E-state index in [9.17, 15) is 0 Å². The summed E-state index contributed by atoms with van der Waals surface area (Å²) < 4.78 is 1.61. The summed E-state index contributed by atoms with van der Waals surface area (Å²) in [7, 11) is 0. The summed E-state index contributed by atoms with van der Waals surface area (Å²) in [6.07, 6.45) is 7.91. The van der Waals surface area contributed by atoms with E-state index in [0.717, 1.165) is 5.69 Å². The average molecular weight is 119 g/mol. The van der Waals surface area contributed by atoms with E-state index in [1.165, 1.54) is 0 Å². The first-order valence-electron chi connectivity index (χ1n) is 2.68. The van der Waals surface area contributed by atoms with Gasteiger partial charge in [0.05, 0.1) is 11.9 Å². The molecule has 1 aromatic heterocycles. The number of aryl methyl sites for hydroxylation is 1. The maximum absolute atomic E-state index is 5.04. The quantitative estimate of drug-likeness (QED) is 0.496. The van der Waals surface area contributed by atoms with Crippen LogP contribution in [0.1, 0.15) is 5.69 Å². The maximum Gasteiger partial charge on any atom is 0.102 e. The van der Waals surface area contributed by atoms with Crippen LogP contribution in [0.3, 0.4) is 0 Å². The molecule has 1 aromatic rings. The van der Waals surface area contributed by atoms with Crippen LogP contribution >= 0.6 is 0 Å². The highest BCUT2D eigenvalue weighted by molar-refractivity contribution is 4.95. The van der Waals surface area contributed by atoms with Crippen LogP contribution in [0.5, 0.6) is 0 Å². The number of nitrogens with zero attached hydrogens (tertiary/aromatic N) is 2. The molecule has 0 bridgehead atoms.